The van der Waals surface area contributed by atoms with E-state index in [0.29, 0.717) is 0 Å². The van der Waals surface area contributed by atoms with Gasteiger partial charge < -0.3 is 4.74 Å². The minimum Gasteiger partial charge on any atom is -0.481 e. The zero-order chi connectivity index (χ0) is 13.8. The quantitative estimate of drug-likeness (QED) is 0.687. The number of halogens is 2. The third-order valence-corrected chi connectivity index (χ3v) is 2.29. The summed E-state index contributed by atoms with van der Waals surface area (Å²) in [5, 5.41) is 2.53. The van der Waals surface area contributed by atoms with Crippen LogP contribution in [0.4, 0.5) is 10.3 Å². The molecule has 0 unspecified atom stereocenters. The van der Waals surface area contributed by atoms with Gasteiger partial charge in [0.1, 0.15) is 5.15 Å². The molecular formula is C11H8ClFN4O2. The number of ether oxygens (including phenoxy) is 1. The van der Waals surface area contributed by atoms with Crippen LogP contribution >= 0.6 is 11.6 Å². The third-order valence-electron chi connectivity index (χ3n) is 2.10. The highest BCUT2D eigenvalue weighted by molar-refractivity contribution is 6.29. The summed E-state index contributed by atoms with van der Waals surface area (Å²) >= 11 is 5.73. The van der Waals surface area contributed by atoms with Crippen LogP contribution < -0.4 is 10.1 Å². The normalized spacial score (nSPS) is 10.1. The Morgan fingerprint density at radius 2 is 2.21 bits per heavy atom. The van der Waals surface area contributed by atoms with Crippen molar-refractivity contribution in [3.05, 3.63) is 41.1 Å². The van der Waals surface area contributed by atoms with Crippen molar-refractivity contribution in [3.8, 4) is 5.88 Å². The Morgan fingerprint density at radius 1 is 1.42 bits per heavy atom. The van der Waals surface area contributed by atoms with Gasteiger partial charge in [0.25, 0.3) is 5.91 Å². The van der Waals surface area contributed by atoms with E-state index in [2.05, 4.69) is 20.3 Å². The van der Waals surface area contributed by atoms with E-state index in [9.17, 15) is 9.18 Å². The maximum atomic E-state index is 12.6. The SMILES string of the molecule is COc1cc(Cl)nc(NC(=O)c2ccc(F)nc2)n1. The number of carbonyl (C=O) groups excluding carboxylic acids is 1. The number of nitrogens with one attached hydrogen (secondary N) is 1. The van der Waals surface area contributed by atoms with Crippen LogP contribution in [-0.2, 0) is 0 Å². The third kappa shape index (κ3) is 3.35. The van der Waals surface area contributed by atoms with Gasteiger partial charge in [-0.25, -0.2) is 9.97 Å². The average molecular weight is 283 g/mol. The fraction of sp³-hybridized carbons (Fsp3) is 0.0909. The van der Waals surface area contributed by atoms with E-state index in [1.54, 1.807) is 0 Å². The van der Waals surface area contributed by atoms with Crippen molar-refractivity contribution in [2.24, 2.45) is 0 Å². The Kier molecular flexibility index (Phi) is 3.86. The number of aromatic nitrogens is 3. The molecule has 0 aliphatic carbocycles. The highest BCUT2D eigenvalue weighted by Gasteiger charge is 2.10. The van der Waals surface area contributed by atoms with Gasteiger partial charge in [-0.05, 0) is 12.1 Å². The fourth-order valence-corrected chi connectivity index (χ4v) is 1.41. The van der Waals surface area contributed by atoms with E-state index in [1.165, 1.54) is 19.2 Å². The fourth-order valence-electron chi connectivity index (χ4n) is 1.24. The molecule has 2 heterocycles. The summed E-state index contributed by atoms with van der Waals surface area (Å²) in [6.45, 7) is 0. The molecule has 0 spiro atoms. The zero-order valence-electron chi connectivity index (χ0n) is 9.72. The standard InChI is InChI=1S/C11H8ClFN4O2/c1-19-9-4-7(12)15-11(16-9)17-10(18)6-2-3-8(13)14-5-6/h2-5H,1H3,(H,15,16,17,18). The molecule has 0 radical (unpaired) electrons. The zero-order valence-corrected chi connectivity index (χ0v) is 10.5. The number of hydrogen-bond donors (Lipinski definition) is 1. The van der Waals surface area contributed by atoms with Crippen molar-refractivity contribution in [2.75, 3.05) is 12.4 Å². The molecule has 98 valence electrons. The smallest absolute Gasteiger partial charge is 0.259 e. The first kappa shape index (κ1) is 13.2. The first-order chi connectivity index (χ1) is 9.08. The number of nitrogens with zero attached hydrogens (tertiary/aromatic N) is 3. The second-order valence-corrected chi connectivity index (χ2v) is 3.77. The summed E-state index contributed by atoms with van der Waals surface area (Å²) in [6, 6.07) is 3.77. The minimum absolute atomic E-state index is 0.0151. The van der Waals surface area contributed by atoms with E-state index < -0.39 is 11.9 Å². The van der Waals surface area contributed by atoms with Crippen LogP contribution in [0, 0.1) is 5.95 Å². The molecule has 0 aliphatic heterocycles. The molecule has 19 heavy (non-hydrogen) atoms. The van der Waals surface area contributed by atoms with Crippen LogP contribution in [0.25, 0.3) is 0 Å². The first-order valence-electron chi connectivity index (χ1n) is 5.10. The lowest BCUT2D eigenvalue weighted by atomic mass is 10.3. The van der Waals surface area contributed by atoms with Crippen LogP contribution in [0.2, 0.25) is 5.15 Å². The van der Waals surface area contributed by atoms with Crippen LogP contribution in [0.1, 0.15) is 10.4 Å². The molecule has 0 aromatic carbocycles. The number of methoxy groups -OCH3 is 1. The van der Waals surface area contributed by atoms with E-state index in [1.807, 2.05) is 0 Å². The van der Waals surface area contributed by atoms with Crippen molar-refractivity contribution in [3.63, 3.8) is 0 Å². The predicted octanol–water partition coefficient (Wildman–Crippen LogP) is 1.92. The first-order valence-corrected chi connectivity index (χ1v) is 5.48. The van der Waals surface area contributed by atoms with Gasteiger partial charge >= 0.3 is 0 Å². The van der Waals surface area contributed by atoms with E-state index in [4.69, 9.17) is 16.3 Å². The van der Waals surface area contributed by atoms with Crippen molar-refractivity contribution < 1.29 is 13.9 Å². The Balaban J connectivity index is 2.18. The lowest BCUT2D eigenvalue weighted by molar-refractivity contribution is 0.102. The Hall–Kier alpha value is -2.28. The van der Waals surface area contributed by atoms with Crippen molar-refractivity contribution in [1.29, 1.82) is 0 Å². The molecule has 0 fully saturated rings. The maximum Gasteiger partial charge on any atom is 0.259 e. The molecule has 8 heteroatoms. The molecule has 0 saturated heterocycles. The molecule has 2 aromatic rings. The predicted molar refractivity (Wildman–Crippen MR) is 65.7 cm³/mol. The summed E-state index contributed by atoms with van der Waals surface area (Å²) in [5.74, 6) is -1.000. The molecule has 1 N–H and O–H groups in total. The van der Waals surface area contributed by atoms with Gasteiger partial charge in [0, 0.05) is 12.3 Å². The van der Waals surface area contributed by atoms with Gasteiger partial charge in [-0.3, -0.25) is 10.1 Å². The maximum absolute atomic E-state index is 12.6. The highest BCUT2D eigenvalue weighted by atomic mass is 35.5. The van der Waals surface area contributed by atoms with Crippen LogP contribution in [0.15, 0.2) is 24.4 Å². The largest absolute Gasteiger partial charge is 0.481 e. The summed E-state index contributed by atoms with van der Waals surface area (Å²) < 4.78 is 17.5. The molecule has 0 atom stereocenters. The molecule has 2 rings (SSSR count). The van der Waals surface area contributed by atoms with E-state index in [-0.39, 0.29) is 22.5 Å². The number of carbonyl (C=O) groups is 1. The van der Waals surface area contributed by atoms with Crippen LogP contribution in [-0.4, -0.2) is 28.0 Å². The van der Waals surface area contributed by atoms with Crippen molar-refractivity contribution >= 4 is 23.5 Å². The summed E-state index contributed by atoms with van der Waals surface area (Å²) in [6.07, 6.45) is 1.10. The van der Waals surface area contributed by atoms with Gasteiger partial charge in [0.2, 0.25) is 17.8 Å². The lowest BCUT2D eigenvalue weighted by Crippen LogP contribution is -2.14. The van der Waals surface area contributed by atoms with Gasteiger partial charge in [0.15, 0.2) is 0 Å². The lowest BCUT2D eigenvalue weighted by Gasteiger charge is -2.05. The number of hydrogen-bond acceptors (Lipinski definition) is 5. The van der Waals surface area contributed by atoms with Gasteiger partial charge in [-0.2, -0.15) is 9.37 Å². The van der Waals surface area contributed by atoms with Crippen LogP contribution in [0.3, 0.4) is 0 Å². The average Bonchev–Trinajstić information content (AvgIpc) is 2.38. The Bertz CT molecular complexity index is 606. The van der Waals surface area contributed by atoms with Crippen molar-refractivity contribution in [2.45, 2.75) is 0 Å². The summed E-state index contributed by atoms with van der Waals surface area (Å²) in [5.41, 5.74) is 0.170. The number of pyridine rings is 1. The highest BCUT2D eigenvalue weighted by Crippen LogP contribution is 2.16. The molecule has 2 aromatic heterocycles. The summed E-state index contributed by atoms with van der Waals surface area (Å²) in [4.78, 5) is 22.9. The minimum atomic E-state index is -0.669. The second-order valence-electron chi connectivity index (χ2n) is 3.38. The number of anilines is 1. The Morgan fingerprint density at radius 3 is 2.84 bits per heavy atom. The molecule has 0 saturated carbocycles. The summed E-state index contributed by atoms with van der Waals surface area (Å²) in [7, 11) is 1.41. The molecule has 0 aliphatic rings. The number of rotatable bonds is 3. The molecular weight excluding hydrogens is 275 g/mol. The topological polar surface area (TPSA) is 77.0 Å². The molecule has 1 amide bonds. The monoisotopic (exact) mass is 282 g/mol. The van der Waals surface area contributed by atoms with E-state index >= 15 is 0 Å². The van der Waals surface area contributed by atoms with Gasteiger partial charge in [-0.15, -0.1) is 0 Å². The van der Waals surface area contributed by atoms with Gasteiger partial charge in [-0.1, -0.05) is 11.6 Å². The second kappa shape index (κ2) is 5.57. The molecule has 0 bridgehead atoms. The Labute approximate surface area is 112 Å². The molecule has 6 nitrogen and oxygen atoms in total. The van der Waals surface area contributed by atoms with Crippen LogP contribution in [0.5, 0.6) is 5.88 Å². The van der Waals surface area contributed by atoms with Crippen molar-refractivity contribution in [1.82, 2.24) is 15.0 Å². The van der Waals surface area contributed by atoms with Gasteiger partial charge in [0.05, 0.1) is 12.7 Å². The van der Waals surface area contributed by atoms with E-state index in [0.717, 1.165) is 12.3 Å². The number of amides is 1.